The number of anilines is 1. The van der Waals surface area contributed by atoms with Crippen LogP contribution in [-0.2, 0) is 11.3 Å². The number of carbonyl (C=O) groups excluding carboxylic acids is 1. The van der Waals surface area contributed by atoms with Crippen molar-refractivity contribution in [3.05, 3.63) is 65.2 Å². The third-order valence-electron chi connectivity index (χ3n) is 3.75. The second-order valence-corrected chi connectivity index (χ2v) is 6.17. The molecule has 2 aromatic heterocycles. The molecule has 2 N–H and O–H groups in total. The van der Waals surface area contributed by atoms with Crippen LogP contribution in [0.4, 0.5) is 5.69 Å². The number of carbonyl (C=O) groups is 2. The fourth-order valence-electron chi connectivity index (χ4n) is 2.34. The van der Waals surface area contributed by atoms with E-state index in [0.717, 1.165) is 5.56 Å². The summed E-state index contributed by atoms with van der Waals surface area (Å²) in [4.78, 5) is 23.3. The lowest BCUT2D eigenvalue weighted by atomic mass is 10.2. The van der Waals surface area contributed by atoms with Gasteiger partial charge in [0.2, 0.25) is 0 Å². The summed E-state index contributed by atoms with van der Waals surface area (Å²) in [6.07, 6.45) is 6.02. The molecule has 0 bridgehead atoms. The Labute approximate surface area is 154 Å². The Balaban J connectivity index is 1.69. The fourth-order valence-corrected chi connectivity index (χ4v) is 2.50. The lowest BCUT2D eigenvalue weighted by Gasteiger charge is -2.07. The summed E-state index contributed by atoms with van der Waals surface area (Å²) in [5.41, 5.74) is 1.84. The summed E-state index contributed by atoms with van der Waals surface area (Å²) in [5.74, 6) is -1.39. The predicted octanol–water partition coefficient (Wildman–Crippen LogP) is 2.68. The van der Waals surface area contributed by atoms with Crippen LogP contribution in [0.5, 0.6) is 0 Å². The van der Waals surface area contributed by atoms with Crippen molar-refractivity contribution >= 4 is 29.2 Å². The Bertz CT molecular complexity index is 949. The first-order valence-corrected chi connectivity index (χ1v) is 8.15. The highest BCUT2D eigenvalue weighted by Crippen LogP contribution is 2.15. The summed E-state index contributed by atoms with van der Waals surface area (Å²) in [6.45, 7) is 2.01. The largest absolute Gasteiger partial charge is 0.480 e. The zero-order valence-electron chi connectivity index (χ0n) is 13.8. The van der Waals surface area contributed by atoms with Crippen molar-refractivity contribution in [2.75, 3.05) is 5.32 Å². The number of carboxylic acids is 1. The van der Waals surface area contributed by atoms with E-state index < -0.39 is 12.0 Å². The molecule has 2 heterocycles. The quantitative estimate of drug-likeness (QED) is 0.691. The molecule has 0 spiro atoms. The van der Waals surface area contributed by atoms with Crippen molar-refractivity contribution in [2.24, 2.45) is 0 Å². The first kappa shape index (κ1) is 17.7. The van der Waals surface area contributed by atoms with Crippen LogP contribution in [0.3, 0.4) is 0 Å². The van der Waals surface area contributed by atoms with Crippen LogP contribution < -0.4 is 5.32 Å². The first-order chi connectivity index (χ1) is 12.4. The van der Waals surface area contributed by atoms with Gasteiger partial charge in [-0.15, -0.1) is 0 Å². The number of aromatic nitrogens is 4. The molecule has 1 amide bonds. The van der Waals surface area contributed by atoms with Gasteiger partial charge >= 0.3 is 5.97 Å². The van der Waals surface area contributed by atoms with Gasteiger partial charge in [0.05, 0.1) is 29.5 Å². The van der Waals surface area contributed by atoms with Crippen LogP contribution in [0.2, 0.25) is 5.02 Å². The lowest BCUT2D eigenvalue weighted by molar-refractivity contribution is -0.140. The van der Waals surface area contributed by atoms with Gasteiger partial charge in [-0.2, -0.15) is 10.2 Å². The number of carboxylic acid groups (broad SMARTS) is 1. The van der Waals surface area contributed by atoms with E-state index in [-0.39, 0.29) is 11.5 Å². The molecular formula is C17H16ClN5O3. The monoisotopic (exact) mass is 373 g/mol. The van der Waals surface area contributed by atoms with E-state index in [4.69, 9.17) is 16.7 Å². The molecule has 3 rings (SSSR count). The molecule has 1 aromatic carbocycles. The predicted molar refractivity (Wildman–Crippen MR) is 95.3 cm³/mol. The lowest BCUT2D eigenvalue weighted by Crippen LogP contribution is -2.16. The van der Waals surface area contributed by atoms with Gasteiger partial charge in [0.15, 0.2) is 0 Å². The maximum absolute atomic E-state index is 12.3. The average Bonchev–Trinajstić information content (AvgIpc) is 3.24. The highest BCUT2D eigenvalue weighted by Gasteiger charge is 2.16. The SMILES string of the molecule is CC(C(=O)O)n1cc(C(=O)Nc2cccc(Cn3cc(Cl)cn3)c2)cn1. The number of hydrogen-bond acceptors (Lipinski definition) is 4. The number of halogens is 1. The first-order valence-electron chi connectivity index (χ1n) is 7.77. The highest BCUT2D eigenvalue weighted by atomic mass is 35.5. The van der Waals surface area contributed by atoms with Crippen LogP contribution in [0.1, 0.15) is 28.9 Å². The van der Waals surface area contributed by atoms with Crippen molar-refractivity contribution in [1.82, 2.24) is 19.6 Å². The van der Waals surface area contributed by atoms with Gasteiger partial charge in [0.25, 0.3) is 5.91 Å². The molecule has 8 nitrogen and oxygen atoms in total. The zero-order chi connectivity index (χ0) is 18.7. The normalized spacial score (nSPS) is 11.9. The van der Waals surface area contributed by atoms with Crippen LogP contribution in [-0.4, -0.2) is 36.5 Å². The Morgan fingerprint density at radius 1 is 1.27 bits per heavy atom. The number of hydrogen-bond donors (Lipinski definition) is 2. The summed E-state index contributed by atoms with van der Waals surface area (Å²) in [5, 5.41) is 20.4. The number of rotatable bonds is 6. The molecule has 3 aromatic rings. The molecule has 0 fully saturated rings. The van der Waals surface area contributed by atoms with Crippen LogP contribution in [0.15, 0.2) is 49.1 Å². The maximum Gasteiger partial charge on any atom is 0.328 e. The van der Waals surface area contributed by atoms with Crippen LogP contribution >= 0.6 is 11.6 Å². The van der Waals surface area contributed by atoms with Gasteiger partial charge in [-0.1, -0.05) is 23.7 Å². The number of aliphatic carboxylic acids is 1. The van der Waals surface area contributed by atoms with E-state index in [0.29, 0.717) is 17.3 Å². The minimum absolute atomic E-state index is 0.280. The molecule has 0 aliphatic heterocycles. The van der Waals surface area contributed by atoms with Crippen molar-refractivity contribution < 1.29 is 14.7 Å². The molecule has 0 saturated carbocycles. The molecular weight excluding hydrogens is 358 g/mol. The molecule has 26 heavy (non-hydrogen) atoms. The van der Waals surface area contributed by atoms with Gasteiger partial charge in [-0.3, -0.25) is 14.2 Å². The minimum atomic E-state index is -1.02. The summed E-state index contributed by atoms with van der Waals surface area (Å²) in [6, 6.07) is 6.49. The summed E-state index contributed by atoms with van der Waals surface area (Å²) >= 11 is 5.85. The third kappa shape index (κ3) is 4.09. The highest BCUT2D eigenvalue weighted by molar-refractivity contribution is 6.30. The molecule has 9 heteroatoms. The van der Waals surface area contributed by atoms with Crippen molar-refractivity contribution in [3.8, 4) is 0 Å². The topological polar surface area (TPSA) is 102 Å². The molecule has 1 unspecified atom stereocenters. The Morgan fingerprint density at radius 3 is 2.77 bits per heavy atom. The van der Waals surface area contributed by atoms with Gasteiger partial charge < -0.3 is 10.4 Å². The van der Waals surface area contributed by atoms with E-state index in [1.165, 1.54) is 24.0 Å². The summed E-state index contributed by atoms with van der Waals surface area (Å²) in [7, 11) is 0. The molecule has 0 aliphatic carbocycles. The second-order valence-electron chi connectivity index (χ2n) is 5.73. The number of nitrogens with zero attached hydrogens (tertiary/aromatic N) is 4. The van der Waals surface area contributed by atoms with Crippen LogP contribution in [0, 0.1) is 0 Å². The van der Waals surface area contributed by atoms with Crippen molar-refractivity contribution in [3.63, 3.8) is 0 Å². The molecule has 0 aliphatic rings. The number of nitrogens with one attached hydrogen (secondary N) is 1. The van der Waals surface area contributed by atoms with E-state index in [1.54, 1.807) is 23.1 Å². The number of amides is 1. The smallest absolute Gasteiger partial charge is 0.328 e. The van der Waals surface area contributed by atoms with Crippen molar-refractivity contribution in [2.45, 2.75) is 19.5 Å². The second kappa shape index (κ2) is 7.40. The van der Waals surface area contributed by atoms with Gasteiger partial charge in [0.1, 0.15) is 6.04 Å². The van der Waals surface area contributed by atoms with E-state index >= 15 is 0 Å². The fraction of sp³-hybridized carbons (Fsp3) is 0.176. The van der Waals surface area contributed by atoms with Gasteiger partial charge in [-0.25, -0.2) is 4.79 Å². The Kier molecular flexibility index (Phi) is 5.04. The van der Waals surface area contributed by atoms with Gasteiger partial charge in [-0.05, 0) is 24.6 Å². The van der Waals surface area contributed by atoms with E-state index in [9.17, 15) is 9.59 Å². The molecule has 0 saturated heterocycles. The zero-order valence-corrected chi connectivity index (χ0v) is 14.6. The average molecular weight is 374 g/mol. The van der Waals surface area contributed by atoms with E-state index in [2.05, 4.69) is 15.5 Å². The van der Waals surface area contributed by atoms with Crippen molar-refractivity contribution in [1.29, 1.82) is 0 Å². The Hall–Kier alpha value is -3.13. The standard InChI is InChI=1S/C17H16ClN5O3/c1-11(17(25)26)23-9-13(6-20-23)16(24)21-15-4-2-3-12(5-15)8-22-10-14(18)7-19-22/h2-7,9-11H,8H2,1H3,(H,21,24)(H,25,26). The number of benzene rings is 1. The Morgan fingerprint density at radius 2 is 2.08 bits per heavy atom. The van der Waals surface area contributed by atoms with E-state index in [1.807, 2.05) is 18.2 Å². The summed E-state index contributed by atoms with van der Waals surface area (Å²) < 4.78 is 2.93. The molecule has 1 atom stereocenters. The molecule has 134 valence electrons. The molecule has 0 radical (unpaired) electrons. The maximum atomic E-state index is 12.3. The van der Waals surface area contributed by atoms with Gasteiger partial charge in [0, 0.05) is 18.1 Å². The third-order valence-corrected chi connectivity index (χ3v) is 3.94. The van der Waals surface area contributed by atoms with Crippen LogP contribution in [0.25, 0.3) is 0 Å². The minimum Gasteiger partial charge on any atom is -0.480 e.